The highest BCUT2D eigenvalue weighted by Crippen LogP contribution is 2.38. The molecule has 22 heavy (non-hydrogen) atoms. The van der Waals surface area contributed by atoms with Gasteiger partial charge in [-0.3, -0.25) is 4.31 Å². The topological polar surface area (TPSA) is 61.2 Å². The van der Waals surface area contributed by atoms with E-state index in [1.165, 1.54) is 4.31 Å². The zero-order chi connectivity index (χ0) is 15.7. The van der Waals surface area contributed by atoms with Gasteiger partial charge >= 0.3 is 0 Å². The number of benzene rings is 2. The van der Waals surface area contributed by atoms with Gasteiger partial charge in [-0.15, -0.1) is 0 Å². The van der Waals surface area contributed by atoms with Crippen molar-refractivity contribution in [3.8, 4) is 6.07 Å². The molecule has 1 aliphatic rings. The molecule has 0 radical (unpaired) electrons. The molecule has 2 aromatic carbocycles. The number of rotatable bonds is 3. The molecule has 0 fully saturated rings. The van der Waals surface area contributed by atoms with Gasteiger partial charge in [0.05, 0.1) is 23.1 Å². The van der Waals surface area contributed by atoms with E-state index in [9.17, 15) is 8.42 Å². The highest BCUT2D eigenvalue weighted by molar-refractivity contribution is 7.92. The van der Waals surface area contributed by atoms with Crippen LogP contribution in [0.3, 0.4) is 0 Å². The molecule has 0 saturated carbocycles. The van der Waals surface area contributed by atoms with Gasteiger partial charge < -0.3 is 0 Å². The van der Waals surface area contributed by atoms with E-state index < -0.39 is 10.0 Å². The summed E-state index contributed by atoms with van der Waals surface area (Å²) >= 11 is 0. The van der Waals surface area contributed by atoms with Crippen molar-refractivity contribution in [1.82, 2.24) is 0 Å². The van der Waals surface area contributed by atoms with Crippen molar-refractivity contribution in [2.24, 2.45) is 0 Å². The fourth-order valence-corrected chi connectivity index (χ4v) is 4.53. The summed E-state index contributed by atoms with van der Waals surface area (Å²) < 4.78 is 27.0. The minimum absolute atomic E-state index is 0.0937. The molecule has 0 aliphatic carbocycles. The van der Waals surface area contributed by atoms with Crippen LogP contribution in [0.1, 0.15) is 29.5 Å². The second kappa shape index (κ2) is 5.47. The molecule has 2 aromatic rings. The third kappa shape index (κ3) is 2.58. The Morgan fingerprint density at radius 2 is 2.00 bits per heavy atom. The van der Waals surface area contributed by atoms with Crippen molar-refractivity contribution in [2.75, 3.05) is 10.8 Å². The van der Waals surface area contributed by atoms with Crippen LogP contribution in [0, 0.1) is 11.3 Å². The first-order chi connectivity index (χ1) is 10.5. The number of para-hydroxylation sites is 1. The Labute approximate surface area is 130 Å². The maximum Gasteiger partial charge on any atom is 0.239 e. The van der Waals surface area contributed by atoms with Gasteiger partial charge in [0, 0.05) is 12.5 Å². The molecule has 1 unspecified atom stereocenters. The summed E-state index contributed by atoms with van der Waals surface area (Å²) in [5, 5.41) is 8.93. The first-order valence-corrected chi connectivity index (χ1v) is 8.70. The predicted molar refractivity (Wildman–Crippen MR) is 86.0 cm³/mol. The van der Waals surface area contributed by atoms with Gasteiger partial charge in [-0.2, -0.15) is 5.26 Å². The molecule has 0 saturated heterocycles. The van der Waals surface area contributed by atoms with Crippen molar-refractivity contribution in [3.63, 3.8) is 0 Å². The van der Waals surface area contributed by atoms with Crippen molar-refractivity contribution >= 4 is 15.7 Å². The highest BCUT2D eigenvalue weighted by Gasteiger charge is 2.33. The fourth-order valence-electron chi connectivity index (χ4n) is 2.86. The third-order valence-corrected chi connectivity index (χ3v) is 5.63. The van der Waals surface area contributed by atoms with E-state index in [4.69, 9.17) is 5.26 Å². The molecule has 112 valence electrons. The van der Waals surface area contributed by atoms with Crippen LogP contribution in [0.25, 0.3) is 0 Å². The van der Waals surface area contributed by atoms with Crippen LogP contribution in [0.2, 0.25) is 0 Å². The first kappa shape index (κ1) is 14.6. The Bertz CT molecular complexity index is 853. The molecule has 0 aromatic heterocycles. The van der Waals surface area contributed by atoms with E-state index in [0.29, 0.717) is 17.7 Å². The number of sulfonamides is 1. The first-order valence-electron chi connectivity index (χ1n) is 7.09. The number of nitriles is 1. The Morgan fingerprint density at radius 3 is 2.77 bits per heavy atom. The van der Waals surface area contributed by atoms with Crippen LogP contribution in [0.15, 0.2) is 48.5 Å². The van der Waals surface area contributed by atoms with Gasteiger partial charge in [0.15, 0.2) is 0 Å². The molecule has 5 heteroatoms. The lowest BCUT2D eigenvalue weighted by molar-refractivity contribution is 0.589. The maximum atomic E-state index is 12.8. The molecule has 1 aliphatic heterocycles. The van der Waals surface area contributed by atoms with E-state index in [1.807, 2.05) is 37.3 Å². The Hall–Kier alpha value is -2.32. The van der Waals surface area contributed by atoms with Gasteiger partial charge in [0.25, 0.3) is 0 Å². The number of fused-ring (bicyclic) bond motifs is 1. The van der Waals surface area contributed by atoms with E-state index in [0.717, 1.165) is 11.3 Å². The molecule has 3 rings (SSSR count). The second-order valence-electron chi connectivity index (χ2n) is 5.56. The summed E-state index contributed by atoms with van der Waals surface area (Å²) in [6.07, 6.45) is 0. The van der Waals surface area contributed by atoms with Crippen LogP contribution >= 0.6 is 0 Å². The summed E-state index contributed by atoms with van der Waals surface area (Å²) in [5.41, 5.74) is 2.95. The number of nitrogens with zero attached hydrogens (tertiary/aromatic N) is 2. The van der Waals surface area contributed by atoms with Crippen LogP contribution in [-0.4, -0.2) is 15.0 Å². The monoisotopic (exact) mass is 312 g/mol. The van der Waals surface area contributed by atoms with E-state index in [1.54, 1.807) is 24.3 Å². The van der Waals surface area contributed by atoms with Crippen molar-refractivity contribution in [2.45, 2.75) is 18.6 Å². The van der Waals surface area contributed by atoms with Gasteiger partial charge in [-0.1, -0.05) is 37.3 Å². The zero-order valence-electron chi connectivity index (χ0n) is 12.2. The minimum atomic E-state index is -3.46. The lowest BCUT2D eigenvalue weighted by Gasteiger charge is -2.20. The summed E-state index contributed by atoms with van der Waals surface area (Å²) in [7, 11) is -3.46. The lowest BCUT2D eigenvalue weighted by Crippen LogP contribution is -2.30. The molecule has 0 bridgehead atoms. The maximum absolute atomic E-state index is 12.8. The van der Waals surface area contributed by atoms with Crippen molar-refractivity contribution < 1.29 is 8.42 Å². The van der Waals surface area contributed by atoms with Gasteiger partial charge in [-0.05, 0) is 29.3 Å². The van der Waals surface area contributed by atoms with E-state index >= 15 is 0 Å². The molecule has 0 amide bonds. The Balaban J connectivity index is 1.93. The number of hydrogen-bond donors (Lipinski definition) is 0. The molecular formula is C17H16N2O2S. The van der Waals surface area contributed by atoms with Crippen molar-refractivity contribution in [3.05, 3.63) is 65.2 Å². The molecular weight excluding hydrogens is 296 g/mol. The smallest absolute Gasteiger partial charge is 0.239 e. The molecule has 0 N–H and O–H groups in total. The molecule has 0 spiro atoms. The number of hydrogen-bond acceptors (Lipinski definition) is 3. The average Bonchev–Trinajstić information content (AvgIpc) is 2.86. The summed E-state index contributed by atoms with van der Waals surface area (Å²) in [6.45, 7) is 2.50. The predicted octanol–water partition coefficient (Wildman–Crippen LogP) is 3.01. The molecule has 1 heterocycles. The van der Waals surface area contributed by atoms with Gasteiger partial charge in [0.1, 0.15) is 0 Å². The van der Waals surface area contributed by atoms with E-state index in [2.05, 4.69) is 0 Å². The normalized spacial score (nSPS) is 17.1. The van der Waals surface area contributed by atoms with Crippen molar-refractivity contribution in [1.29, 1.82) is 5.26 Å². The average molecular weight is 312 g/mol. The second-order valence-corrected chi connectivity index (χ2v) is 7.45. The SMILES string of the molecule is CC1CN(S(=O)(=O)Cc2cccc(C#N)c2)c2ccccc21. The van der Waals surface area contributed by atoms with Gasteiger partial charge in [0.2, 0.25) is 10.0 Å². The van der Waals surface area contributed by atoms with Crippen LogP contribution in [0.5, 0.6) is 0 Å². The largest absolute Gasteiger partial charge is 0.269 e. The summed E-state index contributed by atoms with van der Waals surface area (Å²) in [4.78, 5) is 0. The summed E-state index contributed by atoms with van der Waals surface area (Å²) in [6, 6.07) is 16.4. The standard InChI is InChI=1S/C17H16N2O2S/c1-13-11-19(17-8-3-2-7-16(13)17)22(20,21)12-15-6-4-5-14(9-15)10-18/h2-9,13H,11-12H2,1H3. The Kier molecular flexibility index (Phi) is 3.63. The third-order valence-electron chi connectivity index (χ3n) is 3.92. The van der Waals surface area contributed by atoms with Gasteiger partial charge in [-0.25, -0.2) is 8.42 Å². The van der Waals surface area contributed by atoms with Crippen LogP contribution in [0.4, 0.5) is 5.69 Å². The number of anilines is 1. The van der Waals surface area contributed by atoms with Crippen LogP contribution < -0.4 is 4.31 Å². The molecule has 4 nitrogen and oxygen atoms in total. The quantitative estimate of drug-likeness (QED) is 0.875. The fraction of sp³-hybridized carbons (Fsp3) is 0.235. The highest BCUT2D eigenvalue weighted by atomic mass is 32.2. The Morgan fingerprint density at radius 1 is 1.23 bits per heavy atom. The minimum Gasteiger partial charge on any atom is -0.269 e. The molecule has 1 atom stereocenters. The summed E-state index contributed by atoms with van der Waals surface area (Å²) in [5.74, 6) is 0.0975. The van der Waals surface area contributed by atoms with E-state index in [-0.39, 0.29) is 11.7 Å². The lowest BCUT2D eigenvalue weighted by atomic mass is 10.0. The zero-order valence-corrected chi connectivity index (χ0v) is 13.0. The van der Waals surface area contributed by atoms with Crippen LogP contribution in [-0.2, 0) is 15.8 Å².